The van der Waals surface area contributed by atoms with E-state index in [1.54, 1.807) is 6.07 Å². The number of aliphatic hydroxyl groups excluding tert-OH is 1. The fourth-order valence-electron chi connectivity index (χ4n) is 3.11. The molecule has 1 aromatic rings. The number of anilines is 2. The normalized spacial score (nSPS) is 25.6. The number of halogens is 1. The lowest BCUT2D eigenvalue weighted by molar-refractivity contribution is -0.123. The van der Waals surface area contributed by atoms with E-state index in [-0.39, 0.29) is 5.91 Å². The number of hydrogen-bond acceptors (Lipinski definition) is 3. The van der Waals surface area contributed by atoms with Gasteiger partial charge in [0.15, 0.2) is 6.10 Å². The van der Waals surface area contributed by atoms with Crippen molar-refractivity contribution in [2.24, 2.45) is 5.92 Å². The first-order valence-electron chi connectivity index (χ1n) is 7.17. The molecule has 0 aromatic heterocycles. The number of fused-ring (bicyclic) bond motifs is 1. The summed E-state index contributed by atoms with van der Waals surface area (Å²) in [6, 6.07) is 3.61. The predicted octanol–water partition coefficient (Wildman–Crippen LogP) is 2.95. The lowest BCUT2D eigenvalue weighted by Crippen LogP contribution is -2.35. The molecular formula is C15H19ClN2O2. The molecule has 0 saturated carbocycles. The van der Waals surface area contributed by atoms with Crippen LogP contribution in [0.5, 0.6) is 0 Å². The van der Waals surface area contributed by atoms with Crippen LogP contribution >= 0.6 is 11.6 Å². The third kappa shape index (κ3) is 2.27. The molecule has 108 valence electrons. The summed E-state index contributed by atoms with van der Waals surface area (Å²) >= 11 is 6.35. The maximum absolute atomic E-state index is 11.5. The van der Waals surface area contributed by atoms with Gasteiger partial charge >= 0.3 is 0 Å². The second kappa shape index (κ2) is 5.26. The van der Waals surface area contributed by atoms with Crippen molar-refractivity contribution in [1.29, 1.82) is 0 Å². The van der Waals surface area contributed by atoms with Crippen LogP contribution in [0.1, 0.15) is 37.9 Å². The van der Waals surface area contributed by atoms with Crippen molar-refractivity contribution in [3.8, 4) is 0 Å². The van der Waals surface area contributed by atoms with Crippen LogP contribution in [0.4, 0.5) is 11.4 Å². The van der Waals surface area contributed by atoms with Crippen molar-refractivity contribution >= 4 is 28.9 Å². The van der Waals surface area contributed by atoms with Gasteiger partial charge in [-0.15, -0.1) is 0 Å². The average molecular weight is 295 g/mol. The summed E-state index contributed by atoms with van der Waals surface area (Å²) < 4.78 is 0. The SMILES string of the molecule is CCC1CCCN(c2cc3c(cc2Cl)C(O)C(=O)N3)C1. The van der Waals surface area contributed by atoms with Crippen LogP contribution in [0.3, 0.4) is 0 Å². The molecule has 0 spiro atoms. The summed E-state index contributed by atoms with van der Waals surface area (Å²) in [7, 11) is 0. The van der Waals surface area contributed by atoms with Crippen LogP contribution in [0.15, 0.2) is 12.1 Å². The Morgan fingerprint density at radius 3 is 3.05 bits per heavy atom. The zero-order chi connectivity index (χ0) is 14.3. The quantitative estimate of drug-likeness (QED) is 0.882. The summed E-state index contributed by atoms with van der Waals surface area (Å²) in [6.45, 7) is 4.21. The molecule has 2 heterocycles. The molecule has 1 saturated heterocycles. The van der Waals surface area contributed by atoms with Crippen LogP contribution in [0, 0.1) is 5.92 Å². The monoisotopic (exact) mass is 294 g/mol. The number of nitrogens with zero attached hydrogens (tertiary/aromatic N) is 1. The molecule has 4 nitrogen and oxygen atoms in total. The summed E-state index contributed by atoms with van der Waals surface area (Å²) in [5.74, 6) is 0.326. The van der Waals surface area contributed by atoms with Crippen LogP contribution in [0.25, 0.3) is 0 Å². The molecule has 20 heavy (non-hydrogen) atoms. The van der Waals surface area contributed by atoms with E-state index in [0.29, 0.717) is 22.2 Å². The molecule has 2 unspecified atom stereocenters. The van der Waals surface area contributed by atoms with E-state index in [9.17, 15) is 9.90 Å². The summed E-state index contributed by atoms with van der Waals surface area (Å²) in [6.07, 6.45) is 2.52. The molecule has 2 N–H and O–H groups in total. The zero-order valence-corrected chi connectivity index (χ0v) is 12.3. The van der Waals surface area contributed by atoms with E-state index in [4.69, 9.17) is 11.6 Å². The average Bonchev–Trinajstić information content (AvgIpc) is 2.73. The molecule has 1 aromatic carbocycles. The first-order chi connectivity index (χ1) is 9.60. The highest BCUT2D eigenvalue weighted by atomic mass is 35.5. The van der Waals surface area contributed by atoms with Crippen molar-refractivity contribution in [3.63, 3.8) is 0 Å². The van der Waals surface area contributed by atoms with Crippen LogP contribution < -0.4 is 10.2 Å². The Balaban J connectivity index is 1.91. The van der Waals surface area contributed by atoms with Crippen molar-refractivity contribution in [1.82, 2.24) is 0 Å². The van der Waals surface area contributed by atoms with Gasteiger partial charge in [-0.2, -0.15) is 0 Å². The van der Waals surface area contributed by atoms with Gasteiger partial charge in [0, 0.05) is 24.3 Å². The number of piperidine rings is 1. The molecule has 0 aliphatic carbocycles. The summed E-state index contributed by atoms with van der Waals surface area (Å²) in [4.78, 5) is 13.8. The third-order valence-corrected chi connectivity index (χ3v) is 4.66. The van der Waals surface area contributed by atoms with Gasteiger partial charge in [-0.25, -0.2) is 0 Å². The van der Waals surface area contributed by atoms with Gasteiger partial charge in [0.05, 0.1) is 10.7 Å². The van der Waals surface area contributed by atoms with Crippen LogP contribution in [-0.2, 0) is 4.79 Å². The molecule has 1 amide bonds. The Hall–Kier alpha value is -1.26. The summed E-state index contributed by atoms with van der Waals surface area (Å²) in [5.41, 5.74) is 2.21. The highest BCUT2D eigenvalue weighted by Gasteiger charge is 2.31. The van der Waals surface area contributed by atoms with E-state index in [1.807, 2.05) is 6.07 Å². The fraction of sp³-hybridized carbons (Fsp3) is 0.533. The molecule has 1 fully saturated rings. The second-order valence-electron chi connectivity index (χ2n) is 5.65. The molecular weight excluding hydrogens is 276 g/mol. The minimum Gasteiger partial charge on any atom is -0.378 e. The Morgan fingerprint density at radius 1 is 1.50 bits per heavy atom. The number of carbonyl (C=O) groups is 1. The fourth-order valence-corrected chi connectivity index (χ4v) is 3.41. The number of amides is 1. The van der Waals surface area contributed by atoms with Gasteiger partial charge in [0.2, 0.25) is 0 Å². The van der Waals surface area contributed by atoms with Crippen molar-refractivity contribution in [3.05, 3.63) is 22.7 Å². The minimum absolute atomic E-state index is 0.377. The van der Waals surface area contributed by atoms with E-state index < -0.39 is 6.10 Å². The number of carbonyl (C=O) groups excluding carboxylic acids is 1. The van der Waals surface area contributed by atoms with Crippen molar-refractivity contribution < 1.29 is 9.90 Å². The maximum atomic E-state index is 11.5. The summed E-state index contributed by atoms with van der Waals surface area (Å²) in [5, 5.41) is 13.1. The van der Waals surface area contributed by atoms with Gasteiger partial charge in [0.1, 0.15) is 0 Å². The number of nitrogens with one attached hydrogen (secondary N) is 1. The molecule has 0 radical (unpaired) electrons. The third-order valence-electron chi connectivity index (χ3n) is 4.36. The number of rotatable bonds is 2. The predicted molar refractivity (Wildman–Crippen MR) is 80.3 cm³/mol. The van der Waals surface area contributed by atoms with Gasteiger partial charge in [-0.3, -0.25) is 4.79 Å². The number of benzene rings is 1. The van der Waals surface area contributed by atoms with E-state index >= 15 is 0 Å². The molecule has 2 atom stereocenters. The topological polar surface area (TPSA) is 52.6 Å². The molecule has 0 bridgehead atoms. The van der Waals surface area contributed by atoms with Crippen molar-refractivity contribution in [2.75, 3.05) is 23.3 Å². The Morgan fingerprint density at radius 2 is 2.30 bits per heavy atom. The van der Waals surface area contributed by atoms with Gasteiger partial charge in [0.25, 0.3) is 5.91 Å². The Labute approximate surface area is 123 Å². The smallest absolute Gasteiger partial charge is 0.257 e. The lowest BCUT2D eigenvalue weighted by Gasteiger charge is -2.34. The lowest BCUT2D eigenvalue weighted by atomic mass is 9.95. The zero-order valence-electron chi connectivity index (χ0n) is 11.5. The van der Waals surface area contributed by atoms with Crippen LogP contribution in [0.2, 0.25) is 5.02 Å². The Bertz CT molecular complexity index is 547. The number of aliphatic hydroxyl groups is 1. The standard InChI is InChI=1S/C15H19ClN2O2/c1-2-9-4-3-5-18(8-9)13-7-12-10(6-11(13)16)14(19)15(20)17-12/h6-7,9,14,19H,2-5,8H2,1H3,(H,17,20). The molecule has 3 rings (SSSR count). The molecule has 2 aliphatic heterocycles. The van der Waals surface area contributed by atoms with E-state index in [2.05, 4.69) is 17.1 Å². The first kappa shape index (κ1) is 13.7. The highest BCUT2D eigenvalue weighted by molar-refractivity contribution is 6.33. The van der Waals surface area contributed by atoms with Crippen LogP contribution in [-0.4, -0.2) is 24.1 Å². The second-order valence-corrected chi connectivity index (χ2v) is 6.05. The molecule has 2 aliphatic rings. The maximum Gasteiger partial charge on any atom is 0.257 e. The van der Waals surface area contributed by atoms with Gasteiger partial charge in [-0.1, -0.05) is 24.9 Å². The number of hydrogen-bond donors (Lipinski definition) is 2. The molecule has 5 heteroatoms. The largest absolute Gasteiger partial charge is 0.378 e. The highest BCUT2D eigenvalue weighted by Crippen LogP contribution is 2.40. The van der Waals surface area contributed by atoms with E-state index in [1.165, 1.54) is 19.3 Å². The van der Waals surface area contributed by atoms with Gasteiger partial charge < -0.3 is 15.3 Å². The van der Waals surface area contributed by atoms with E-state index in [0.717, 1.165) is 18.8 Å². The first-order valence-corrected chi connectivity index (χ1v) is 7.55. The van der Waals surface area contributed by atoms with Crippen molar-refractivity contribution in [2.45, 2.75) is 32.3 Å². The minimum atomic E-state index is -1.10. The Kier molecular flexibility index (Phi) is 3.61. The van der Waals surface area contributed by atoms with Gasteiger partial charge in [-0.05, 0) is 30.9 Å².